The Morgan fingerprint density at radius 2 is 2.58 bits per heavy atom. The number of morpholine rings is 1. The van der Waals surface area contributed by atoms with Crippen LogP contribution in [-0.4, -0.2) is 31.6 Å². The zero-order chi connectivity index (χ0) is 8.81. The molecule has 12 heavy (non-hydrogen) atoms. The van der Waals surface area contributed by atoms with Crippen LogP contribution in [0.2, 0.25) is 0 Å². The standard InChI is InChI=1S/C9H13NO2/c1-2-3-4-9(11)8-7-12-6-5-10-8/h1,8,10H,3-7H2. The maximum Gasteiger partial charge on any atom is 0.153 e. The highest BCUT2D eigenvalue weighted by atomic mass is 16.5. The van der Waals surface area contributed by atoms with Gasteiger partial charge in [-0.05, 0) is 0 Å². The zero-order valence-electron chi connectivity index (χ0n) is 7.01. The van der Waals surface area contributed by atoms with Gasteiger partial charge in [0, 0.05) is 19.4 Å². The van der Waals surface area contributed by atoms with Gasteiger partial charge in [0.25, 0.3) is 0 Å². The summed E-state index contributed by atoms with van der Waals surface area (Å²) >= 11 is 0. The quantitative estimate of drug-likeness (QED) is 0.599. The van der Waals surface area contributed by atoms with Crippen LogP contribution in [0.25, 0.3) is 0 Å². The van der Waals surface area contributed by atoms with E-state index >= 15 is 0 Å². The number of Topliss-reactive ketones (excluding diaryl/α,β-unsaturated/α-hetero) is 1. The van der Waals surface area contributed by atoms with E-state index in [1.54, 1.807) is 0 Å². The van der Waals surface area contributed by atoms with Gasteiger partial charge in [0.2, 0.25) is 0 Å². The van der Waals surface area contributed by atoms with Crippen molar-refractivity contribution in [2.45, 2.75) is 18.9 Å². The van der Waals surface area contributed by atoms with Crippen molar-refractivity contribution in [3.63, 3.8) is 0 Å². The number of hydrogen-bond donors (Lipinski definition) is 1. The lowest BCUT2D eigenvalue weighted by Crippen LogP contribution is -2.46. The van der Waals surface area contributed by atoms with E-state index in [2.05, 4.69) is 11.2 Å². The van der Waals surface area contributed by atoms with E-state index in [9.17, 15) is 4.79 Å². The maximum atomic E-state index is 11.3. The average Bonchev–Trinajstić information content (AvgIpc) is 2.15. The Hall–Kier alpha value is -0.850. The summed E-state index contributed by atoms with van der Waals surface area (Å²) in [6.07, 6.45) is 6.03. The van der Waals surface area contributed by atoms with E-state index in [0.717, 1.165) is 6.54 Å². The molecule has 0 aliphatic carbocycles. The van der Waals surface area contributed by atoms with Crippen LogP contribution >= 0.6 is 0 Å². The van der Waals surface area contributed by atoms with E-state index in [0.29, 0.717) is 26.1 Å². The van der Waals surface area contributed by atoms with Gasteiger partial charge in [0.05, 0.1) is 19.3 Å². The lowest BCUT2D eigenvalue weighted by atomic mass is 10.1. The van der Waals surface area contributed by atoms with E-state index in [1.807, 2.05) is 0 Å². The van der Waals surface area contributed by atoms with Gasteiger partial charge in [0.1, 0.15) is 0 Å². The highest BCUT2D eigenvalue weighted by molar-refractivity contribution is 5.84. The number of ketones is 1. The van der Waals surface area contributed by atoms with Gasteiger partial charge in [-0.2, -0.15) is 0 Å². The predicted octanol–water partition coefficient (Wildman–Crippen LogP) is -0.0427. The molecule has 0 radical (unpaired) electrons. The number of ether oxygens (including phenoxy) is 1. The molecule has 1 atom stereocenters. The fourth-order valence-corrected chi connectivity index (χ4v) is 1.14. The van der Waals surface area contributed by atoms with Crippen molar-refractivity contribution >= 4 is 5.78 Å². The predicted molar refractivity (Wildman–Crippen MR) is 45.7 cm³/mol. The molecule has 0 bridgehead atoms. The molecule has 1 N–H and O–H groups in total. The third-order valence-electron chi connectivity index (χ3n) is 1.83. The summed E-state index contributed by atoms with van der Waals surface area (Å²) < 4.78 is 5.15. The molecule has 0 aromatic rings. The van der Waals surface area contributed by atoms with Gasteiger partial charge < -0.3 is 10.1 Å². The molecule has 0 aromatic carbocycles. The summed E-state index contributed by atoms with van der Waals surface area (Å²) in [5.74, 6) is 2.61. The summed E-state index contributed by atoms with van der Waals surface area (Å²) in [5, 5.41) is 3.08. The van der Waals surface area contributed by atoms with Crippen molar-refractivity contribution in [2.75, 3.05) is 19.8 Å². The molecule has 3 nitrogen and oxygen atoms in total. The molecule has 1 aliphatic rings. The minimum Gasteiger partial charge on any atom is -0.378 e. The van der Waals surface area contributed by atoms with E-state index in [-0.39, 0.29) is 11.8 Å². The lowest BCUT2D eigenvalue weighted by molar-refractivity contribution is -0.123. The third kappa shape index (κ3) is 2.65. The molecule has 1 heterocycles. The second kappa shape index (κ2) is 4.91. The molecule has 1 saturated heterocycles. The monoisotopic (exact) mass is 167 g/mol. The number of hydrogen-bond acceptors (Lipinski definition) is 3. The Morgan fingerprint density at radius 3 is 3.17 bits per heavy atom. The number of carbonyl (C=O) groups excluding carboxylic acids is 1. The van der Waals surface area contributed by atoms with Gasteiger partial charge in [-0.1, -0.05) is 0 Å². The van der Waals surface area contributed by atoms with Crippen molar-refractivity contribution in [3.8, 4) is 12.3 Å². The van der Waals surface area contributed by atoms with Gasteiger partial charge in [0.15, 0.2) is 5.78 Å². The van der Waals surface area contributed by atoms with Crippen molar-refractivity contribution < 1.29 is 9.53 Å². The second-order valence-electron chi connectivity index (χ2n) is 2.75. The van der Waals surface area contributed by atoms with E-state index < -0.39 is 0 Å². The van der Waals surface area contributed by atoms with Gasteiger partial charge in [-0.15, -0.1) is 12.3 Å². The Labute approximate surface area is 72.5 Å². The Balaban J connectivity index is 2.26. The molecule has 1 rings (SSSR count). The first-order valence-electron chi connectivity index (χ1n) is 4.12. The van der Waals surface area contributed by atoms with Crippen molar-refractivity contribution in [1.82, 2.24) is 5.32 Å². The molecule has 1 fully saturated rings. The molecule has 1 aliphatic heterocycles. The van der Waals surface area contributed by atoms with Gasteiger partial charge in [-0.25, -0.2) is 0 Å². The van der Waals surface area contributed by atoms with Crippen LogP contribution in [-0.2, 0) is 9.53 Å². The number of terminal acetylenes is 1. The summed E-state index contributed by atoms with van der Waals surface area (Å²) in [4.78, 5) is 11.3. The van der Waals surface area contributed by atoms with E-state index in [4.69, 9.17) is 11.2 Å². The average molecular weight is 167 g/mol. The summed E-state index contributed by atoms with van der Waals surface area (Å²) in [7, 11) is 0. The molecule has 0 amide bonds. The maximum absolute atomic E-state index is 11.3. The Morgan fingerprint density at radius 1 is 1.75 bits per heavy atom. The van der Waals surface area contributed by atoms with Crippen LogP contribution in [0.3, 0.4) is 0 Å². The Kier molecular flexibility index (Phi) is 3.78. The normalized spacial score (nSPS) is 23.1. The SMILES string of the molecule is C#CCCC(=O)C1COCCN1. The van der Waals surface area contributed by atoms with Crippen LogP contribution in [0.5, 0.6) is 0 Å². The smallest absolute Gasteiger partial charge is 0.153 e. The lowest BCUT2D eigenvalue weighted by Gasteiger charge is -2.22. The molecule has 3 heteroatoms. The first-order valence-corrected chi connectivity index (χ1v) is 4.12. The summed E-state index contributed by atoms with van der Waals surface area (Å²) in [6.45, 7) is 1.94. The fourth-order valence-electron chi connectivity index (χ4n) is 1.14. The first-order chi connectivity index (χ1) is 5.84. The molecule has 1 unspecified atom stereocenters. The number of nitrogens with one attached hydrogen (secondary N) is 1. The summed E-state index contributed by atoms with van der Waals surface area (Å²) in [5.41, 5.74) is 0. The number of rotatable bonds is 3. The largest absolute Gasteiger partial charge is 0.378 e. The molecular weight excluding hydrogens is 154 g/mol. The first kappa shape index (κ1) is 9.24. The number of carbonyl (C=O) groups is 1. The van der Waals surface area contributed by atoms with Crippen molar-refractivity contribution in [1.29, 1.82) is 0 Å². The van der Waals surface area contributed by atoms with Crippen LogP contribution in [0.1, 0.15) is 12.8 Å². The van der Waals surface area contributed by atoms with Crippen LogP contribution in [0.4, 0.5) is 0 Å². The van der Waals surface area contributed by atoms with Crippen LogP contribution in [0, 0.1) is 12.3 Å². The molecule has 0 spiro atoms. The van der Waals surface area contributed by atoms with Crippen LogP contribution in [0.15, 0.2) is 0 Å². The van der Waals surface area contributed by atoms with Crippen molar-refractivity contribution in [3.05, 3.63) is 0 Å². The van der Waals surface area contributed by atoms with E-state index in [1.165, 1.54) is 0 Å². The molecule has 0 aromatic heterocycles. The minimum absolute atomic E-state index is 0.132. The summed E-state index contributed by atoms with van der Waals surface area (Å²) in [6, 6.07) is -0.132. The zero-order valence-corrected chi connectivity index (χ0v) is 7.01. The van der Waals surface area contributed by atoms with Gasteiger partial charge >= 0.3 is 0 Å². The van der Waals surface area contributed by atoms with Crippen molar-refractivity contribution in [2.24, 2.45) is 0 Å². The minimum atomic E-state index is -0.132. The second-order valence-corrected chi connectivity index (χ2v) is 2.75. The molecule has 66 valence electrons. The fraction of sp³-hybridized carbons (Fsp3) is 0.667. The highest BCUT2D eigenvalue weighted by Gasteiger charge is 2.19. The molecule has 0 saturated carbocycles. The highest BCUT2D eigenvalue weighted by Crippen LogP contribution is 1.99. The topological polar surface area (TPSA) is 38.3 Å². The Bertz CT molecular complexity index is 189. The third-order valence-corrected chi connectivity index (χ3v) is 1.83. The molecular formula is C9H13NO2. The van der Waals surface area contributed by atoms with Crippen LogP contribution < -0.4 is 5.32 Å². The van der Waals surface area contributed by atoms with Gasteiger partial charge in [-0.3, -0.25) is 4.79 Å².